The lowest BCUT2D eigenvalue weighted by Gasteiger charge is -2.15. The van der Waals surface area contributed by atoms with Crippen LogP contribution in [0.2, 0.25) is 5.15 Å². The lowest BCUT2D eigenvalue weighted by molar-refractivity contribution is -0.138. The molecule has 7 nitrogen and oxygen atoms in total. The number of halogens is 4. The number of hydrogen-bond donors (Lipinski definition) is 2. The van der Waals surface area contributed by atoms with E-state index in [0.29, 0.717) is 22.7 Å². The summed E-state index contributed by atoms with van der Waals surface area (Å²) in [5, 5.41) is 0.478. The van der Waals surface area contributed by atoms with Crippen molar-refractivity contribution in [3.8, 4) is 0 Å². The van der Waals surface area contributed by atoms with Crippen molar-refractivity contribution in [2.75, 3.05) is 4.72 Å². The van der Waals surface area contributed by atoms with Gasteiger partial charge in [-0.2, -0.15) is 13.2 Å². The van der Waals surface area contributed by atoms with Crippen molar-refractivity contribution in [2.45, 2.75) is 24.9 Å². The predicted octanol–water partition coefficient (Wildman–Crippen LogP) is 5.28. The molecular formula is C22H16ClF3N4O3S. The zero-order valence-electron chi connectivity index (χ0n) is 17.7. The topological polar surface area (TPSA) is 105 Å². The molecule has 1 aromatic carbocycles. The van der Waals surface area contributed by atoms with Crippen LogP contribution in [0.4, 0.5) is 18.9 Å². The number of carbonyl (C=O) groups excluding carboxylic acids is 1. The number of aromatic nitrogens is 3. The number of carbonyl (C=O) groups is 1. The second-order valence-corrected chi connectivity index (χ2v) is 9.62. The largest absolute Gasteiger partial charge is 0.416 e. The van der Waals surface area contributed by atoms with Gasteiger partial charge in [0.15, 0.2) is 0 Å². The van der Waals surface area contributed by atoms with Crippen molar-refractivity contribution >= 4 is 44.1 Å². The fraction of sp³-hybridized carbons (Fsp3) is 0.136. The predicted molar refractivity (Wildman–Crippen MR) is 120 cm³/mol. The molecule has 2 N–H and O–H groups in total. The summed E-state index contributed by atoms with van der Waals surface area (Å²) in [4.78, 5) is 23.8. The van der Waals surface area contributed by atoms with Crippen molar-refractivity contribution in [1.82, 2.24) is 15.0 Å². The number of aromatic amines is 1. The van der Waals surface area contributed by atoms with Crippen LogP contribution in [-0.4, -0.2) is 29.2 Å². The van der Waals surface area contributed by atoms with Crippen molar-refractivity contribution in [3.63, 3.8) is 0 Å². The van der Waals surface area contributed by atoms with Crippen LogP contribution in [0.25, 0.3) is 11.0 Å². The third-order valence-corrected chi connectivity index (χ3v) is 6.61. The molecule has 0 fully saturated rings. The van der Waals surface area contributed by atoms with Crippen LogP contribution in [-0.2, 0) is 16.2 Å². The third-order valence-electron chi connectivity index (χ3n) is 5.05. The van der Waals surface area contributed by atoms with Gasteiger partial charge in [0.2, 0.25) is 5.78 Å². The van der Waals surface area contributed by atoms with Crippen LogP contribution in [0.3, 0.4) is 0 Å². The van der Waals surface area contributed by atoms with E-state index in [1.54, 1.807) is 19.2 Å². The van der Waals surface area contributed by atoms with E-state index in [2.05, 4.69) is 19.7 Å². The Kier molecular flexibility index (Phi) is 5.86. The Morgan fingerprint density at radius 2 is 1.85 bits per heavy atom. The van der Waals surface area contributed by atoms with Crippen LogP contribution < -0.4 is 4.72 Å². The van der Waals surface area contributed by atoms with Gasteiger partial charge in [0.1, 0.15) is 16.5 Å². The molecule has 0 unspecified atom stereocenters. The zero-order chi connectivity index (χ0) is 24.8. The summed E-state index contributed by atoms with van der Waals surface area (Å²) in [6.07, 6.45) is -1.80. The minimum absolute atomic E-state index is 0.0341. The van der Waals surface area contributed by atoms with E-state index in [1.807, 2.05) is 0 Å². The summed E-state index contributed by atoms with van der Waals surface area (Å²) in [6, 6.07) is 6.98. The maximum atomic E-state index is 13.3. The minimum Gasteiger partial charge on any atom is -0.346 e. The quantitative estimate of drug-likeness (QED) is 0.282. The summed E-state index contributed by atoms with van der Waals surface area (Å²) in [6.45, 7) is 2.86. The molecule has 0 aliphatic rings. The van der Waals surface area contributed by atoms with E-state index in [0.717, 1.165) is 12.1 Å². The van der Waals surface area contributed by atoms with Crippen LogP contribution in [0.1, 0.15) is 32.7 Å². The van der Waals surface area contributed by atoms with Gasteiger partial charge in [-0.3, -0.25) is 14.5 Å². The zero-order valence-corrected chi connectivity index (χ0v) is 19.2. The monoisotopic (exact) mass is 508 g/mol. The molecule has 12 heteroatoms. The first-order valence-corrected chi connectivity index (χ1v) is 11.6. The SMILES string of the molecule is Cc1cnc(C(=O)c2cc(Cl)nc3[nH]ccc23)c(NS(=O)(=O)c2ccc(C)c(C(F)(F)F)c2)c1. The number of rotatable bonds is 5. The van der Waals surface area contributed by atoms with Crippen molar-refractivity contribution < 1.29 is 26.4 Å². The number of fused-ring (bicyclic) bond motifs is 1. The molecule has 0 saturated heterocycles. The van der Waals surface area contributed by atoms with Crippen molar-refractivity contribution in [1.29, 1.82) is 0 Å². The van der Waals surface area contributed by atoms with E-state index in [4.69, 9.17) is 11.6 Å². The smallest absolute Gasteiger partial charge is 0.346 e. The molecule has 0 radical (unpaired) electrons. The second-order valence-electron chi connectivity index (χ2n) is 7.55. The first-order chi connectivity index (χ1) is 15.9. The number of aryl methyl sites for hydroxylation is 2. The van der Waals surface area contributed by atoms with E-state index >= 15 is 0 Å². The van der Waals surface area contributed by atoms with Crippen LogP contribution in [0.5, 0.6) is 0 Å². The molecular weight excluding hydrogens is 493 g/mol. The molecule has 0 aliphatic heterocycles. The average molecular weight is 509 g/mol. The first-order valence-electron chi connectivity index (χ1n) is 9.72. The first kappa shape index (κ1) is 23.7. The van der Waals surface area contributed by atoms with E-state index < -0.39 is 32.4 Å². The molecule has 0 spiro atoms. The second kappa shape index (κ2) is 8.41. The van der Waals surface area contributed by atoms with Crippen molar-refractivity contribution in [3.05, 3.63) is 81.9 Å². The van der Waals surface area contributed by atoms with E-state index in [9.17, 15) is 26.4 Å². The fourth-order valence-electron chi connectivity index (χ4n) is 3.43. The molecule has 0 aliphatic carbocycles. The minimum atomic E-state index is -4.73. The van der Waals surface area contributed by atoms with Gasteiger partial charge in [0, 0.05) is 23.3 Å². The van der Waals surface area contributed by atoms with Gasteiger partial charge >= 0.3 is 6.18 Å². The lowest BCUT2D eigenvalue weighted by Crippen LogP contribution is -2.18. The molecule has 4 rings (SSSR count). The summed E-state index contributed by atoms with van der Waals surface area (Å²) >= 11 is 6.02. The average Bonchev–Trinajstić information content (AvgIpc) is 3.20. The molecule has 4 aromatic rings. The van der Waals surface area contributed by atoms with Crippen LogP contribution >= 0.6 is 11.6 Å². The Bertz CT molecular complexity index is 1550. The Labute approximate surface area is 197 Å². The Morgan fingerprint density at radius 3 is 2.56 bits per heavy atom. The molecule has 0 amide bonds. The number of sulfonamides is 1. The lowest BCUT2D eigenvalue weighted by atomic mass is 10.0. The Morgan fingerprint density at radius 1 is 1.12 bits per heavy atom. The van der Waals surface area contributed by atoms with Gasteiger partial charge in [0.25, 0.3) is 10.0 Å². The highest BCUT2D eigenvalue weighted by atomic mass is 35.5. The van der Waals surface area contributed by atoms with Crippen LogP contribution in [0.15, 0.2) is 53.7 Å². The summed E-state index contributed by atoms with van der Waals surface area (Å²) in [5.74, 6) is -0.647. The van der Waals surface area contributed by atoms with E-state index in [1.165, 1.54) is 25.3 Å². The number of nitrogens with one attached hydrogen (secondary N) is 2. The normalized spacial score (nSPS) is 12.2. The third kappa shape index (κ3) is 4.48. The summed E-state index contributed by atoms with van der Waals surface area (Å²) in [5.41, 5.74) is -0.626. The molecule has 0 bridgehead atoms. The highest BCUT2D eigenvalue weighted by molar-refractivity contribution is 7.92. The van der Waals surface area contributed by atoms with Crippen molar-refractivity contribution in [2.24, 2.45) is 0 Å². The molecule has 0 saturated carbocycles. The van der Waals surface area contributed by atoms with Gasteiger partial charge in [-0.05, 0) is 55.3 Å². The van der Waals surface area contributed by atoms with Gasteiger partial charge in [0.05, 0.1) is 16.1 Å². The van der Waals surface area contributed by atoms with E-state index in [-0.39, 0.29) is 27.7 Å². The fourth-order valence-corrected chi connectivity index (χ4v) is 4.70. The van der Waals surface area contributed by atoms with Crippen LogP contribution in [0, 0.1) is 13.8 Å². The Hall–Kier alpha value is -3.44. The highest BCUT2D eigenvalue weighted by Crippen LogP contribution is 2.34. The number of alkyl halides is 3. The molecule has 34 heavy (non-hydrogen) atoms. The number of hydrogen-bond acceptors (Lipinski definition) is 5. The summed E-state index contributed by atoms with van der Waals surface area (Å²) in [7, 11) is -4.49. The van der Waals surface area contributed by atoms with Gasteiger partial charge in [-0.15, -0.1) is 0 Å². The molecule has 176 valence electrons. The maximum Gasteiger partial charge on any atom is 0.416 e. The van der Waals surface area contributed by atoms with Gasteiger partial charge < -0.3 is 4.98 Å². The number of nitrogens with zero attached hydrogens (tertiary/aromatic N) is 2. The highest BCUT2D eigenvalue weighted by Gasteiger charge is 2.34. The molecule has 3 heterocycles. The standard InChI is InChI=1S/C22H16ClF3N4O3S/c1-11-7-17(30-34(32,33)13-4-3-12(2)16(8-13)22(24,25)26)19(28-10-11)20(31)15-9-18(23)29-21-14(15)5-6-27-21/h3-10,30H,1-2H3,(H,27,29). The number of pyridine rings is 2. The number of ketones is 1. The number of benzene rings is 1. The number of anilines is 1. The summed E-state index contributed by atoms with van der Waals surface area (Å²) < 4.78 is 68.1. The molecule has 0 atom stereocenters. The molecule has 3 aromatic heterocycles. The number of H-pyrrole nitrogens is 1. The van der Waals surface area contributed by atoms with Gasteiger partial charge in [-0.1, -0.05) is 17.7 Å². The maximum absolute atomic E-state index is 13.3. The Balaban J connectivity index is 1.79. The van der Waals surface area contributed by atoms with Gasteiger partial charge in [-0.25, -0.2) is 13.4 Å².